The summed E-state index contributed by atoms with van der Waals surface area (Å²) in [6, 6.07) is 7.78. The Morgan fingerprint density at radius 2 is 1.96 bits per heavy atom. The summed E-state index contributed by atoms with van der Waals surface area (Å²) in [4.78, 5) is 28.6. The molecule has 142 valence electrons. The van der Waals surface area contributed by atoms with Crippen LogP contribution in [-0.2, 0) is 22.6 Å². The van der Waals surface area contributed by atoms with Crippen LogP contribution in [0.2, 0.25) is 0 Å². The van der Waals surface area contributed by atoms with Gasteiger partial charge in [0, 0.05) is 31.7 Å². The second-order valence-electron chi connectivity index (χ2n) is 7.55. The van der Waals surface area contributed by atoms with Crippen molar-refractivity contribution in [2.45, 2.75) is 25.6 Å². The number of benzene rings is 1. The molecule has 2 amide bonds. The number of fused-ring (bicyclic) bond motifs is 1. The number of nitriles is 1. The number of carbonyl (C=O) groups excluding carboxylic acids is 2. The maximum absolute atomic E-state index is 12.9. The summed E-state index contributed by atoms with van der Waals surface area (Å²) in [6.45, 7) is 2.41. The van der Waals surface area contributed by atoms with Crippen LogP contribution in [0.3, 0.4) is 0 Å². The van der Waals surface area contributed by atoms with Crippen molar-refractivity contribution in [1.29, 1.82) is 5.26 Å². The van der Waals surface area contributed by atoms with Gasteiger partial charge in [-0.1, -0.05) is 6.07 Å². The van der Waals surface area contributed by atoms with E-state index in [4.69, 9.17) is 10.00 Å². The average molecular weight is 369 g/mol. The van der Waals surface area contributed by atoms with Gasteiger partial charge in [0.2, 0.25) is 5.91 Å². The minimum absolute atomic E-state index is 0.0799. The minimum atomic E-state index is -0.786. The number of ether oxygens (including phenoxy) is 1. The molecule has 1 aliphatic carbocycles. The van der Waals surface area contributed by atoms with Crippen molar-refractivity contribution in [2.24, 2.45) is 11.8 Å². The van der Waals surface area contributed by atoms with Crippen molar-refractivity contribution in [3.8, 4) is 6.07 Å². The fourth-order valence-corrected chi connectivity index (χ4v) is 3.90. The lowest BCUT2D eigenvalue weighted by Crippen LogP contribution is -2.38. The second-order valence-corrected chi connectivity index (χ2v) is 7.55. The highest BCUT2D eigenvalue weighted by molar-refractivity contribution is 5.94. The van der Waals surface area contributed by atoms with Crippen molar-refractivity contribution >= 4 is 11.8 Å². The van der Waals surface area contributed by atoms with E-state index in [-0.39, 0.29) is 36.7 Å². The molecule has 3 aliphatic rings. The van der Waals surface area contributed by atoms with Crippen LogP contribution < -0.4 is 0 Å². The normalized spacial score (nSPS) is 27.3. The highest BCUT2D eigenvalue weighted by Gasteiger charge is 2.46. The van der Waals surface area contributed by atoms with Gasteiger partial charge in [-0.2, -0.15) is 5.26 Å². The second kappa shape index (κ2) is 7.29. The van der Waals surface area contributed by atoms with E-state index < -0.39 is 6.10 Å². The van der Waals surface area contributed by atoms with Gasteiger partial charge in [-0.25, -0.2) is 0 Å². The number of aliphatic hydroxyl groups is 1. The zero-order chi connectivity index (χ0) is 19.0. The largest absolute Gasteiger partial charge is 0.389 e. The summed E-state index contributed by atoms with van der Waals surface area (Å²) < 4.78 is 5.43. The lowest BCUT2D eigenvalue weighted by Gasteiger charge is -2.23. The summed E-state index contributed by atoms with van der Waals surface area (Å²) >= 11 is 0. The monoisotopic (exact) mass is 369 g/mol. The van der Waals surface area contributed by atoms with Gasteiger partial charge in [-0.05, 0) is 36.1 Å². The quantitative estimate of drug-likeness (QED) is 0.822. The van der Waals surface area contributed by atoms with E-state index in [0.29, 0.717) is 38.3 Å². The Hall–Kier alpha value is -2.43. The van der Waals surface area contributed by atoms with Gasteiger partial charge in [0.15, 0.2) is 0 Å². The fraction of sp³-hybridized carbons (Fsp3) is 0.550. The number of β-amino-alcohol motifs (C(OH)–C–C–N with tert-alkyl or cyclic N) is 1. The number of hydrogen-bond donors (Lipinski definition) is 1. The Morgan fingerprint density at radius 1 is 1.19 bits per heavy atom. The predicted molar refractivity (Wildman–Crippen MR) is 95.5 cm³/mol. The molecule has 3 atom stereocenters. The van der Waals surface area contributed by atoms with Gasteiger partial charge < -0.3 is 19.6 Å². The van der Waals surface area contributed by atoms with Crippen molar-refractivity contribution in [2.75, 3.05) is 32.8 Å². The van der Waals surface area contributed by atoms with Crippen LogP contribution in [-0.4, -0.2) is 65.6 Å². The number of amides is 2. The van der Waals surface area contributed by atoms with Crippen LogP contribution in [0.5, 0.6) is 0 Å². The van der Waals surface area contributed by atoms with E-state index in [9.17, 15) is 14.7 Å². The molecule has 2 fully saturated rings. The molecular formula is C20H23N3O4. The molecule has 7 nitrogen and oxygen atoms in total. The molecule has 0 radical (unpaired) electrons. The van der Waals surface area contributed by atoms with Crippen LogP contribution in [0.15, 0.2) is 18.2 Å². The van der Waals surface area contributed by atoms with Crippen molar-refractivity contribution in [3.05, 3.63) is 34.9 Å². The van der Waals surface area contributed by atoms with Gasteiger partial charge in [0.1, 0.15) is 0 Å². The molecule has 1 N–H and O–H groups in total. The molecule has 1 aromatic rings. The van der Waals surface area contributed by atoms with Crippen LogP contribution in [0, 0.1) is 23.2 Å². The standard InChI is InChI=1S/C20H23N3O4/c21-9-16-8-18(16)20(26)23-5-4-22(10-17(24)11-23)19(25)14-1-2-15-12-27-6-3-13(15)7-14/h1-2,7,16-18,24H,3-6,8,10-12H2/t16-,17?,18-/m1/s1. The highest BCUT2D eigenvalue weighted by Crippen LogP contribution is 2.39. The van der Waals surface area contributed by atoms with E-state index in [1.54, 1.807) is 15.9 Å². The van der Waals surface area contributed by atoms with Gasteiger partial charge in [-0.3, -0.25) is 9.59 Å². The summed E-state index contributed by atoms with van der Waals surface area (Å²) in [7, 11) is 0. The van der Waals surface area contributed by atoms with E-state index >= 15 is 0 Å². The maximum atomic E-state index is 12.9. The van der Waals surface area contributed by atoms with E-state index in [1.807, 2.05) is 12.1 Å². The smallest absolute Gasteiger partial charge is 0.254 e. The first-order chi connectivity index (χ1) is 13.1. The molecule has 1 saturated carbocycles. The maximum Gasteiger partial charge on any atom is 0.254 e. The Kier molecular flexibility index (Phi) is 4.85. The Labute approximate surface area is 158 Å². The number of carbonyl (C=O) groups is 2. The van der Waals surface area contributed by atoms with Crippen LogP contribution in [0.4, 0.5) is 0 Å². The summed E-state index contributed by atoms with van der Waals surface area (Å²) in [5.74, 6) is -0.648. The Balaban J connectivity index is 1.44. The van der Waals surface area contributed by atoms with Gasteiger partial charge >= 0.3 is 0 Å². The number of rotatable bonds is 2. The summed E-state index contributed by atoms with van der Waals surface area (Å²) in [5.41, 5.74) is 2.85. The van der Waals surface area contributed by atoms with E-state index in [0.717, 1.165) is 17.5 Å². The molecule has 1 unspecified atom stereocenters. The SMILES string of the molecule is N#C[C@H]1C[C@H]1C(=O)N1CCN(C(=O)c2ccc3c(c2)CCOC3)CC(O)C1. The first-order valence-electron chi connectivity index (χ1n) is 9.42. The van der Waals surface area contributed by atoms with E-state index in [2.05, 4.69) is 6.07 Å². The van der Waals surface area contributed by atoms with Crippen LogP contribution in [0.1, 0.15) is 27.9 Å². The fourth-order valence-electron chi connectivity index (χ4n) is 3.90. The summed E-state index contributed by atoms with van der Waals surface area (Å²) in [5, 5.41) is 19.2. The average Bonchev–Trinajstić information content (AvgIpc) is 3.50. The molecule has 4 rings (SSSR count). The third-order valence-corrected chi connectivity index (χ3v) is 5.60. The molecule has 0 spiro atoms. The third kappa shape index (κ3) is 3.68. The molecule has 2 heterocycles. The van der Waals surface area contributed by atoms with Crippen molar-refractivity contribution < 1.29 is 19.4 Å². The number of hydrogen-bond acceptors (Lipinski definition) is 5. The molecule has 7 heteroatoms. The molecule has 27 heavy (non-hydrogen) atoms. The molecule has 0 bridgehead atoms. The molecular weight excluding hydrogens is 346 g/mol. The number of aliphatic hydroxyl groups excluding tert-OH is 1. The molecule has 0 aromatic heterocycles. The zero-order valence-electron chi connectivity index (χ0n) is 15.1. The Bertz CT molecular complexity index is 803. The Morgan fingerprint density at radius 3 is 2.74 bits per heavy atom. The van der Waals surface area contributed by atoms with Gasteiger partial charge in [-0.15, -0.1) is 0 Å². The molecule has 1 saturated heterocycles. The molecule has 2 aliphatic heterocycles. The predicted octanol–water partition coefficient (Wildman–Crippen LogP) is 0.564. The van der Waals surface area contributed by atoms with Crippen molar-refractivity contribution in [1.82, 2.24) is 9.80 Å². The first kappa shape index (κ1) is 18.0. The lowest BCUT2D eigenvalue weighted by atomic mass is 10.00. The molecule has 1 aromatic carbocycles. The summed E-state index contributed by atoms with van der Waals surface area (Å²) in [6.07, 6.45) is 0.609. The number of nitrogens with zero attached hydrogens (tertiary/aromatic N) is 3. The topological polar surface area (TPSA) is 93.9 Å². The lowest BCUT2D eigenvalue weighted by molar-refractivity contribution is -0.133. The zero-order valence-corrected chi connectivity index (χ0v) is 15.1. The van der Waals surface area contributed by atoms with Crippen molar-refractivity contribution in [3.63, 3.8) is 0 Å². The first-order valence-corrected chi connectivity index (χ1v) is 9.42. The minimum Gasteiger partial charge on any atom is -0.389 e. The van der Waals surface area contributed by atoms with E-state index in [1.165, 1.54) is 0 Å². The van der Waals surface area contributed by atoms with Crippen LogP contribution >= 0.6 is 0 Å². The third-order valence-electron chi connectivity index (χ3n) is 5.60. The highest BCUT2D eigenvalue weighted by atomic mass is 16.5. The van der Waals surface area contributed by atoms with Crippen LogP contribution in [0.25, 0.3) is 0 Å². The van der Waals surface area contributed by atoms with Gasteiger partial charge in [0.25, 0.3) is 5.91 Å². The van der Waals surface area contributed by atoms with Gasteiger partial charge in [0.05, 0.1) is 37.2 Å².